The molecule has 14 heteroatoms. The van der Waals surface area contributed by atoms with Crippen LogP contribution in [-0.2, 0) is 32.6 Å². The lowest BCUT2D eigenvalue weighted by atomic mass is 10.0. The molecule has 1 atom stereocenters. The van der Waals surface area contributed by atoms with Crippen molar-refractivity contribution < 1.29 is 32.1 Å². The fourth-order valence-corrected chi connectivity index (χ4v) is 6.87. The molecule has 50 heavy (non-hydrogen) atoms. The van der Waals surface area contributed by atoms with Crippen LogP contribution in [0.4, 0.5) is 15.8 Å². The van der Waals surface area contributed by atoms with Crippen molar-refractivity contribution in [2.75, 3.05) is 18.0 Å². The molecule has 2 amide bonds. The number of hydrogen-bond donors (Lipinski definition) is 1. The number of sulfonamides is 1. The summed E-state index contributed by atoms with van der Waals surface area (Å²) < 4.78 is 50.2. The van der Waals surface area contributed by atoms with Crippen LogP contribution < -0.4 is 14.4 Å². The van der Waals surface area contributed by atoms with Crippen molar-refractivity contribution in [2.24, 2.45) is 0 Å². The Morgan fingerprint density at radius 1 is 1.00 bits per heavy atom. The van der Waals surface area contributed by atoms with Crippen molar-refractivity contribution in [1.82, 2.24) is 10.2 Å². The van der Waals surface area contributed by atoms with Gasteiger partial charge in [-0.2, -0.15) is 0 Å². The molecule has 264 valence electrons. The SMILES string of the molecule is COc1ccc(Cl)cc1N(CC(=O)N(Cc1ccccc1F)[C@H](Cc1ccccc1)C(=O)NC(C)(C)C)S(=O)(=O)c1ccc(C)c([N+](=O)[O-])c1. The highest BCUT2D eigenvalue weighted by molar-refractivity contribution is 7.92. The number of methoxy groups -OCH3 is 1. The summed E-state index contributed by atoms with van der Waals surface area (Å²) in [6, 6.07) is 21.0. The van der Waals surface area contributed by atoms with Gasteiger partial charge in [-0.25, -0.2) is 12.8 Å². The fraction of sp³-hybridized carbons (Fsp3) is 0.278. The summed E-state index contributed by atoms with van der Waals surface area (Å²) in [5, 5.41) is 14.8. The Morgan fingerprint density at radius 2 is 1.66 bits per heavy atom. The smallest absolute Gasteiger partial charge is 0.273 e. The first-order chi connectivity index (χ1) is 23.5. The summed E-state index contributed by atoms with van der Waals surface area (Å²) in [4.78, 5) is 40.4. The summed E-state index contributed by atoms with van der Waals surface area (Å²) in [6.45, 7) is 5.47. The molecule has 11 nitrogen and oxygen atoms in total. The number of amides is 2. The summed E-state index contributed by atoms with van der Waals surface area (Å²) in [5.41, 5.74) is -0.295. The predicted molar refractivity (Wildman–Crippen MR) is 189 cm³/mol. The number of nitro benzene ring substituents is 1. The Morgan fingerprint density at radius 3 is 2.28 bits per heavy atom. The van der Waals surface area contributed by atoms with E-state index >= 15 is 4.39 Å². The number of carbonyl (C=O) groups is 2. The lowest BCUT2D eigenvalue weighted by molar-refractivity contribution is -0.385. The summed E-state index contributed by atoms with van der Waals surface area (Å²) in [7, 11) is -3.45. The second-order valence-electron chi connectivity index (χ2n) is 12.6. The Hall–Kier alpha value is -5.01. The second-order valence-corrected chi connectivity index (χ2v) is 14.9. The molecule has 0 aromatic heterocycles. The Kier molecular flexibility index (Phi) is 11.9. The van der Waals surface area contributed by atoms with Crippen molar-refractivity contribution in [3.8, 4) is 5.75 Å². The molecule has 0 saturated heterocycles. The number of aryl methyl sites for hydroxylation is 1. The van der Waals surface area contributed by atoms with E-state index in [1.807, 2.05) is 0 Å². The first-order valence-corrected chi connectivity index (χ1v) is 17.3. The minimum atomic E-state index is -4.75. The topological polar surface area (TPSA) is 139 Å². The normalized spacial score (nSPS) is 12.1. The molecule has 0 unspecified atom stereocenters. The van der Waals surface area contributed by atoms with Crippen molar-refractivity contribution in [1.29, 1.82) is 0 Å². The van der Waals surface area contributed by atoms with Crippen LogP contribution in [0.5, 0.6) is 5.75 Å². The third-order valence-corrected chi connectivity index (χ3v) is 9.71. The monoisotopic (exact) mass is 724 g/mol. The molecule has 0 radical (unpaired) electrons. The van der Waals surface area contributed by atoms with E-state index in [0.29, 0.717) is 5.56 Å². The van der Waals surface area contributed by atoms with Crippen LogP contribution in [0.2, 0.25) is 5.02 Å². The van der Waals surface area contributed by atoms with Crippen LogP contribution in [0.25, 0.3) is 0 Å². The van der Waals surface area contributed by atoms with Gasteiger partial charge in [0.15, 0.2) is 0 Å². The largest absolute Gasteiger partial charge is 0.495 e. The maximum absolute atomic E-state index is 15.2. The van der Waals surface area contributed by atoms with Gasteiger partial charge in [0.05, 0.1) is 22.6 Å². The minimum Gasteiger partial charge on any atom is -0.495 e. The van der Waals surface area contributed by atoms with Crippen LogP contribution in [0.3, 0.4) is 0 Å². The van der Waals surface area contributed by atoms with Gasteiger partial charge >= 0.3 is 0 Å². The van der Waals surface area contributed by atoms with Crippen molar-refractivity contribution in [2.45, 2.75) is 57.1 Å². The molecule has 0 heterocycles. The van der Waals surface area contributed by atoms with E-state index in [1.165, 1.54) is 62.6 Å². The Labute approximate surface area is 295 Å². The average molecular weight is 725 g/mol. The molecule has 4 aromatic carbocycles. The third-order valence-electron chi connectivity index (χ3n) is 7.72. The average Bonchev–Trinajstić information content (AvgIpc) is 3.05. The lowest BCUT2D eigenvalue weighted by Gasteiger charge is -2.35. The van der Waals surface area contributed by atoms with E-state index < -0.39 is 67.8 Å². The molecule has 1 N–H and O–H groups in total. The quantitative estimate of drug-likeness (QED) is 0.123. The standard InChI is InChI=1S/C36H38ClFN4O7S/c1-24-15-17-28(21-30(24)42(45)46)50(47,48)41(31-20-27(37)16-18-33(31)49-5)23-34(43)40(22-26-13-9-10-14-29(26)38)32(35(44)39-36(2,3)4)19-25-11-7-6-8-12-25/h6-18,20-21,32H,19,22-23H2,1-5H3,(H,39,44)/t32-/m1/s1. The van der Waals surface area contributed by atoms with E-state index in [0.717, 1.165) is 15.3 Å². The lowest BCUT2D eigenvalue weighted by Crippen LogP contribution is -2.56. The maximum atomic E-state index is 15.2. The zero-order valence-electron chi connectivity index (χ0n) is 28.2. The Balaban J connectivity index is 1.91. The predicted octanol–water partition coefficient (Wildman–Crippen LogP) is 6.45. The van der Waals surface area contributed by atoms with Gasteiger partial charge in [0.25, 0.3) is 15.7 Å². The molecule has 0 fully saturated rings. The number of nitro groups is 1. The maximum Gasteiger partial charge on any atom is 0.273 e. The van der Waals surface area contributed by atoms with Crippen molar-refractivity contribution in [3.63, 3.8) is 0 Å². The van der Waals surface area contributed by atoms with Crippen molar-refractivity contribution in [3.05, 3.63) is 129 Å². The first-order valence-electron chi connectivity index (χ1n) is 15.5. The van der Waals surface area contributed by atoms with Crippen LogP contribution in [0, 0.1) is 22.9 Å². The number of rotatable bonds is 13. The third kappa shape index (κ3) is 9.16. The zero-order chi connectivity index (χ0) is 36.8. The van der Waals surface area contributed by atoms with Gasteiger partial charge in [-0.3, -0.25) is 24.0 Å². The zero-order valence-corrected chi connectivity index (χ0v) is 29.8. The van der Waals surface area contributed by atoms with Gasteiger partial charge in [0.1, 0.15) is 24.2 Å². The fourth-order valence-electron chi connectivity index (χ4n) is 5.26. The first kappa shape index (κ1) is 37.8. The van der Waals surface area contributed by atoms with Gasteiger partial charge in [-0.05, 0) is 63.6 Å². The van der Waals surface area contributed by atoms with Crippen LogP contribution in [-0.4, -0.2) is 55.3 Å². The van der Waals surface area contributed by atoms with Gasteiger partial charge < -0.3 is 15.0 Å². The number of nitrogens with one attached hydrogen (secondary N) is 1. The van der Waals surface area contributed by atoms with E-state index in [-0.39, 0.29) is 34.0 Å². The molecule has 0 saturated carbocycles. The minimum absolute atomic E-state index is 0.0142. The van der Waals surface area contributed by atoms with Crippen LogP contribution in [0.1, 0.15) is 37.5 Å². The number of hydrogen-bond acceptors (Lipinski definition) is 7. The molecule has 4 rings (SSSR count). The highest BCUT2D eigenvalue weighted by atomic mass is 35.5. The molecule has 0 spiro atoms. The van der Waals surface area contributed by atoms with Crippen molar-refractivity contribution >= 4 is 44.8 Å². The summed E-state index contributed by atoms with van der Waals surface area (Å²) in [6.07, 6.45) is 0.0142. The number of anilines is 1. The summed E-state index contributed by atoms with van der Waals surface area (Å²) >= 11 is 6.31. The number of nitrogens with zero attached hydrogens (tertiary/aromatic N) is 3. The number of benzene rings is 4. The highest BCUT2D eigenvalue weighted by Crippen LogP contribution is 2.36. The number of ether oxygens (including phenoxy) is 1. The molecule has 0 aliphatic carbocycles. The molecular weight excluding hydrogens is 687 g/mol. The molecular formula is C36H38ClFN4O7S. The van der Waals surface area contributed by atoms with E-state index in [9.17, 15) is 28.1 Å². The molecule has 4 aromatic rings. The molecule has 0 aliphatic rings. The molecule has 0 bridgehead atoms. The van der Waals surface area contributed by atoms with Gasteiger partial charge in [0.2, 0.25) is 11.8 Å². The van der Waals surface area contributed by atoms with Gasteiger partial charge in [-0.15, -0.1) is 0 Å². The van der Waals surface area contributed by atoms with Crippen LogP contribution in [0.15, 0.2) is 95.9 Å². The van der Waals surface area contributed by atoms with E-state index in [2.05, 4.69) is 5.32 Å². The van der Waals surface area contributed by atoms with E-state index in [4.69, 9.17) is 16.3 Å². The van der Waals surface area contributed by atoms with E-state index in [1.54, 1.807) is 57.2 Å². The molecule has 0 aliphatic heterocycles. The van der Waals surface area contributed by atoms with Crippen LogP contribution >= 0.6 is 11.6 Å². The van der Waals surface area contributed by atoms with Gasteiger partial charge in [-0.1, -0.05) is 66.2 Å². The highest BCUT2D eigenvalue weighted by Gasteiger charge is 2.37. The Bertz CT molecular complexity index is 1990. The van der Waals surface area contributed by atoms with Gasteiger partial charge in [0, 0.05) is 40.7 Å². The number of halogens is 2. The second kappa shape index (κ2) is 15.7. The summed E-state index contributed by atoms with van der Waals surface area (Å²) in [5.74, 6) is -2.02. The number of carbonyl (C=O) groups excluding carboxylic acids is 2.